The number of allylic oxidation sites excluding steroid dienone is 1. The number of hydrogen-bond donors (Lipinski definition) is 1. The number of halogens is 2. The summed E-state index contributed by atoms with van der Waals surface area (Å²) >= 11 is 5.86. The normalized spacial score (nSPS) is 21.5. The Hall–Kier alpha value is -1.65. The Balaban J connectivity index is 2.10. The third-order valence-electron chi connectivity index (χ3n) is 3.76. The standard InChI is InChI=1S/C17H16ClFNO3P/c1-2-5-17(21)24(22)20(13-8-9-15(19)14(18)10-13)11-12-6-3-4-7-16(12)23-24/h2-10,17,21H,11H2,1H3/b5-2+. The minimum absolute atomic E-state index is 0.0848. The Labute approximate surface area is 145 Å². The van der Waals surface area contributed by atoms with Gasteiger partial charge in [0.25, 0.3) is 7.87 Å². The molecule has 0 fully saturated rings. The van der Waals surface area contributed by atoms with Crippen LogP contribution in [-0.2, 0) is 6.54 Å². The molecule has 2 atom stereocenters. The molecule has 1 aliphatic heterocycles. The van der Waals surface area contributed by atoms with Crippen LogP contribution in [0.1, 0.15) is 12.5 Å². The summed E-state index contributed by atoms with van der Waals surface area (Å²) in [6.07, 6.45) is 3.01. The Bertz CT molecular complexity index is 788. The van der Waals surface area contributed by atoms with Gasteiger partial charge in [0.05, 0.1) is 17.3 Å². The van der Waals surface area contributed by atoms with Crippen molar-refractivity contribution in [3.63, 3.8) is 0 Å². The van der Waals surface area contributed by atoms with Crippen LogP contribution in [0.5, 0.6) is 5.75 Å². The molecule has 3 rings (SSSR count). The Morgan fingerprint density at radius 2 is 2.12 bits per heavy atom. The highest BCUT2D eigenvalue weighted by molar-refractivity contribution is 7.67. The van der Waals surface area contributed by atoms with Gasteiger partial charge in [0, 0.05) is 5.56 Å². The fourth-order valence-electron chi connectivity index (χ4n) is 2.55. The molecule has 0 saturated heterocycles. The van der Waals surface area contributed by atoms with E-state index in [0.29, 0.717) is 11.4 Å². The van der Waals surface area contributed by atoms with E-state index >= 15 is 0 Å². The second-order valence-corrected chi connectivity index (χ2v) is 8.09. The minimum Gasteiger partial charge on any atom is -0.627 e. The van der Waals surface area contributed by atoms with E-state index in [2.05, 4.69) is 0 Å². The summed E-state index contributed by atoms with van der Waals surface area (Å²) in [6, 6.07) is 11.2. The molecule has 2 aromatic rings. The van der Waals surface area contributed by atoms with Crippen molar-refractivity contribution in [1.82, 2.24) is 0 Å². The third kappa shape index (κ3) is 3.01. The smallest absolute Gasteiger partial charge is 0.279 e. The summed E-state index contributed by atoms with van der Waals surface area (Å²) in [6.45, 7) is 1.97. The van der Waals surface area contributed by atoms with E-state index in [1.807, 2.05) is 12.1 Å². The summed E-state index contributed by atoms with van der Waals surface area (Å²) in [5.41, 5.74) is 1.24. The molecule has 2 unspecified atom stereocenters. The lowest BCUT2D eigenvalue weighted by molar-refractivity contribution is -0.194. The number of para-hydroxylation sites is 1. The number of benzene rings is 2. The first kappa shape index (κ1) is 17.2. The molecule has 4 nitrogen and oxygen atoms in total. The lowest BCUT2D eigenvalue weighted by Gasteiger charge is -2.44. The van der Waals surface area contributed by atoms with Crippen molar-refractivity contribution in [2.45, 2.75) is 19.3 Å². The topological polar surface area (TPSA) is 55.8 Å². The molecule has 1 heterocycles. The lowest BCUT2D eigenvalue weighted by Crippen LogP contribution is -2.43. The van der Waals surface area contributed by atoms with Crippen LogP contribution >= 0.6 is 19.5 Å². The quantitative estimate of drug-likeness (QED) is 0.660. The van der Waals surface area contributed by atoms with Crippen LogP contribution in [0.25, 0.3) is 0 Å². The molecule has 0 aromatic heterocycles. The number of nitrogens with zero attached hydrogens (tertiary/aromatic N) is 1. The summed E-state index contributed by atoms with van der Waals surface area (Å²) in [4.78, 5) is 13.5. The van der Waals surface area contributed by atoms with Gasteiger partial charge in [-0.25, -0.2) is 9.06 Å². The predicted molar refractivity (Wildman–Crippen MR) is 92.4 cm³/mol. The number of fused-ring (bicyclic) bond motifs is 1. The van der Waals surface area contributed by atoms with Crippen molar-refractivity contribution in [3.8, 4) is 5.75 Å². The van der Waals surface area contributed by atoms with Gasteiger partial charge in [-0.3, -0.25) is 0 Å². The van der Waals surface area contributed by atoms with Crippen LogP contribution in [-0.4, -0.2) is 11.0 Å². The van der Waals surface area contributed by atoms with Gasteiger partial charge in [-0.05, 0) is 37.3 Å². The van der Waals surface area contributed by atoms with Crippen molar-refractivity contribution in [1.29, 1.82) is 0 Å². The SMILES string of the molecule is C/C=C/C(O)[P+]1([O-])Oc2ccccc2CN1c1ccc(F)c(Cl)c1. The molecule has 0 saturated carbocycles. The number of hydrogen-bond acceptors (Lipinski definition) is 4. The molecular weight excluding hydrogens is 352 g/mol. The predicted octanol–water partition coefficient (Wildman–Crippen LogP) is 3.90. The highest BCUT2D eigenvalue weighted by Gasteiger charge is 2.48. The molecule has 0 radical (unpaired) electrons. The molecule has 0 aliphatic carbocycles. The maximum atomic E-state index is 13.5. The van der Waals surface area contributed by atoms with Gasteiger partial charge in [0.15, 0.2) is 5.75 Å². The summed E-state index contributed by atoms with van der Waals surface area (Å²) < 4.78 is 20.6. The summed E-state index contributed by atoms with van der Waals surface area (Å²) in [5.74, 6) is -1.42. The largest absolute Gasteiger partial charge is 0.627 e. The van der Waals surface area contributed by atoms with Gasteiger partial charge < -0.3 is 14.5 Å². The van der Waals surface area contributed by atoms with Gasteiger partial charge in [-0.1, -0.05) is 35.9 Å². The molecular formula is C17H16ClFNO3P. The number of aliphatic hydroxyl groups is 1. The van der Waals surface area contributed by atoms with Crippen molar-refractivity contribution in [2.24, 2.45) is 0 Å². The zero-order valence-electron chi connectivity index (χ0n) is 12.9. The van der Waals surface area contributed by atoms with Gasteiger partial charge >= 0.3 is 0 Å². The zero-order valence-corrected chi connectivity index (χ0v) is 14.5. The van der Waals surface area contributed by atoms with Crippen LogP contribution in [0.4, 0.5) is 10.1 Å². The molecule has 0 spiro atoms. The van der Waals surface area contributed by atoms with E-state index in [4.69, 9.17) is 16.1 Å². The van der Waals surface area contributed by atoms with Crippen molar-refractivity contribution < 1.29 is 18.9 Å². The molecule has 2 aromatic carbocycles. The third-order valence-corrected chi connectivity index (χ3v) is 6.39. The number of anilines is 1. The van der Waals surface area contributed by atoms with Crippen LogP contribution in [0.2, 0.25) is 5.02 Å². The molecule has 24 heavy (non-hydrogen) atoms. The average molecular weight is 368 g/mol. The van der Waals surface area contributed by atoms with Crippen molar-refractivity contribution in [3.05, 3.63) is 71.0 Å². The van der Waals surface area contributed by atoms with E-state index in [0.717, 1.165) is 5.56 Å². The van der Waals surface area contributed by atoms with Crippen LogP contribution in [0.3, 0.4) is 0 Å². The first-order chi connectivity index (χ1) is 11.5. The zero-order chi connectivity index (χ0) is 17.3. The second kappa shape index (κ2) is 6.69. The highest BCUT2D eigenvalue weighted by Crippen LogP contribution is 2.63. The molecule has 7 heteroatoms. The Kier molecular flexibility index (Phi) is 4.79. The van der Waals surface area contributed by atoms with E-state index in [9.17, 15) is 14.4 Å². The average Bonchev–Trinajstić information content (AvgIpc) is 2.57. The van der Waals surface area contributed by atoms with Gasteiger partial charge in [0.1, 0.15) is 5.82 Å². The Morgan fingerprint density at radius 1 is 1.38 bits per heavy atom. The monoisotopic (exact) mass is 367 g/mol. The van der Waals surface area contributed by atoms with Crippen molar-refractivity contribution >= 4 is 25.2 Å². The number of aliphatic hydroxyl groups excluding tert-OH is 1. The van der Waals surface area contributed by atoms with E-state index < -0.39 is 19.5 Å². The van der Waals surface area contributed by atoms with Crippen LogP contribution in [0.15, 0.2) is 54.6 Å². The summed E-state index contributed by atoms with van der Waals surface area (Å²) in [5, 5.41) is 10.3. The molecule has 0 amide bonds. The Morgan fingerprint density at radius 3 is 2.83 bits per heavy atom. The molecule has 1 N–H and O–H groups in total. The maximum absolute atomic E-state index is 13.5. The van der Waals surface area contributed by atoms with Gasteiger partial charge in [-0.2, -0.15) is 0 Å². The van der Waals surface area contributed by atoms with E-state index in [-0.39, 0.29) is 11.6 Å². The first-order valence-electron chi connectivity index (χ1n) is 7.37. The van der Waals surface area contributed by atoms with Gasteiger partial charge in [-0.15, -0.1) is 0 Å². The van der Waals surface area contributed by atoms with Crippen molar-refractivity contribution in [2.75, 3.05) is 4.67 Å². The maximum Gasteiger partial charge on any atom is 0.279 e. The molecule has 1 aliphatic rings. The van der Waals surface area contributed by atoms with E-state index in [1.165, 1.54) is 28.9 Å². The first-order valence-corrected chi connectivity index (χ1v) is 9.39. The fraction of sp³-hybridized carbons (Fsp3) is 0.176. The van der Waals surface area contributed by atoms with Gasteiger partial charge in [0.2, 0.25) is 5.85 Å². The van der Waals surface area contributed by atoms with E-state index in [1.54, 1.807) is 25.1 Å². The van der Waals surface area contributed by atoms with Crippen LogP contribution in [0, 0.1) is 5.82 Å². The molecule has 0 bridgehead atoms. The van der Waals surface area contributed by atoms with Crippen LogP contribution < -0.4 is 14.1 Å². The minimum atomic E-state index is -3.70. The number of rotatable bonds is 3. The lowest BCUT2D eigenvalue weighted by atomic mass is 10.2. The highest BCUT2D eigenvalue weighted by atomic mass is 35.5. The fourth-order valence-corrected chi connectivity index (χ4v) is 4.86. The molecule has 126 valence electrons. The second-order valence-electron chi connectivity index (χ2n) is 5.36. The summed E-state index contributed by atoms with van der Waals surface area (Å²) in [7, 11) is -3.70.